The highest BCUT2D eigenvalue weighted by atomic mass is 19.4. The second kappa shape index (κ2) is 5.83. The lowest BCUT2D eigenvalue weighted by Gasteiger charge is -2.17. The summed E-state index contributed by atoms with van der Waals surface area (Å²) in [5.74, 6) is -0.243. The highest BCUT2D eigenvalue weighted by Gasteiger charge is 2.35. The predicted octanol–water partition coefficient (Wildman–Crippen LogP) is 4.89. The zero-order valence-corrected chi connectivity index (χ0v) is 12.7. The maximum Gasteiger partial charge on any atom is 0.417 e. The molecule has 1 fully saturated rings. The highest BCUT2D eigenvalue weighted by molar-refractivity contribution is 5.93. The van der Waals surface area contributed by atoms with Crippen LogP contribution in [0, 0.1) is 0 Å². The van der Waals surface area contributed by atoms with Crippen molar-refractivity contribution in [3.8, 4) is 11.3 Å². The summed E-state index contributed by atoms with van der Waals surface area (Å²) in [6, 6.07) is 6.98. The summed E-state index contributed by atoms with van der Waals surface area (Å²) in [6.45, 7) is 1.38. The van der Waals surface area contributed by atoms with Gasteiger partial charge in [0.25, 0.3) is 0 Å². The number of halogens is 3. The van der Waals surface area contributed by atoms with Gasteiger partial charge in [-0.15, -0.1) is 0 Å². The summed E-state index contributed by atoms with van der Waals surface area (Å²) < 4.78 is 41.6. The largest absolute Gasteiger partial charge is 0.417 e. The summed E-state index contributed by atoms with van der Waals surface area (Å²) in [4.78, 5) is 11.6. The molecule has 0 bridgehead atoms. The molecule has 0 amide bonds. The van der Waals surface area contributed by atoms with Crippen molar-refractivity contribution in [3.63, 3.8) is 0 Å². The summed E-state index contributed by atoms with van der Waals surface area (Å²) in [7, 11) is 0. The molecule has 3 rings (SSSR count). The van der Waals surface area contributed by atoms with Crippen molar-refractivity contribution < 1.29 is 18.0 Å². The Morgan fingerprint density at radius 2 is 1.87 bits per heavy atom. The molecule has 2 aromatic rings. The Kier molecular flexibility index (Phi) is 4.00. The normalized spacial score (nSPS) is 16.0. The molecule has 0 saturated heterocycles. The lowest BCUT2D eigenvalue weighted by molar-refractivity contribution is -0.137. The van der Waals surface area contributed by atoms with Crippen LogP contribution in [0.15, 0.2) is 30.3 Å². The minimum absolute atomic E-state index is 0.0550. The van der Waals surface area contributed by atoms with Gasteiger partial charge in [-0.1, -0.05) is 31.0 Å². The topological polar surface area (TPSA) is 34.9 Å². The molecular formula is C17H17F3N2O. The summed E-state index contributed by atoms with van der Waals surface area (Å²) in [6.07, 6.45) is -0.640. The van der Waals surface area contributed by atoms with E-state index in [2.05, 4.69) is 5.10 Å². The number of hydrogen-bond acceptors (Lipinski definition) is 2. The van der Waals surface area contributed by atoms with E-state index in [1.807, 2.05) is 0 Å². The molecular weight excluding hydrogens is 305 g/mol. The quantitative estimate of drug-likeness (QED) is 0.754. The molecule has 6 heteroatoms. The Balaban J connectivity index is 2.18. The van der Waals surface area contributed by atoms with Gasteiger partial charge in [-0.3, -0.25) is 9.48 Å². The van der Waals surface area contributed by atoms with E-state index < -0.39 is 11.7 Å². The number of carbonyl (C=O) groups excluding carboxylic acids is 1. The second-order valence-corrected chi connectivity index (χ2v) is 5.90. The molecule has 122 valence electrons. The number of alkyl halides is 3. The van der Waals surface area contributed by atoms with Crippen LogP contribution in [-0.4, -0.2) is 15.6 Å². The number of benzene rings is 1. The number of rotatable bonds is 3. The van der Waals surface area contributed by atoms with Crippen LogP contribution in [0.4, 0.5) is 13.2 Å². The first-order chi connectivity index (χ1) is 10.9. The number of aromatic nitrogens is 2. The van der Waals surface area contributed by atoms with Crippen molar-refractivity contribution in [3.05, 3.63) is 41.6 Å². The van der Waals surface area contributed by atoms with Crippen molar-refractivity contribution in [1.29, 1.82) is 0 Å². The molecule has 1 saturated carbocycles. The van der Waals surface area contributed by atoms with Gasteiger partial charge in [-0.05, 0) is 25.0 Å². The van der Waals surface area contributed by atoms with E-state index >= 15 is 0 Å². The Bertz CT molecular complexity index is 728. The average Bonchev–Trinajstić information content (AvgIpc) is 3.15. The third kappa shape index (κ3) is 3.02. The Labute approximate surface area is 132 Å². The molecule has 1 aromatic heterocycles. The lowest BCUT2D eigenvalue weighted by atomic mass is 10.0. The van der Waals surface area contributed by atoms with Gasteiger partial charge in [0.15, 0.2) is 5.78 Å². The molecule has 0 radical (unpaired) electrons. The fourth-order valence-corrected chi connectivity index (χ4v) is 3.15. The lowest BCUT2D eigenvalue weighted by Crippen LogP contribution is -2.12. The van der Waals surface area contributed by atoms with Gasteiger partial charge in [-0.25, -0.2) is 0 Å². The van der Waals surface area contributed by atoms with E-state index in [-0.39, 0.29) is 23.1 Å². The van der Waals surface area contributed by atoms with Crippen LogP contribution >= 0.6 is 0 Å². The number of ketones is 1. The number of Topliss-reactive ketones (excluding diaryl/α,β-unsaturated/α-hetero) is 1. The van der Waals surface area contributed by atoms with Crippen LogP contribution in [0.1, 0.15) is 54.7 Å². The van der Waals surface area contributed by atoms with Crippen LogP contribution in [0.3, 0.4) is 0 Å². The minimum Gasteiger partial charge on any atom is -0.293 e. The molecule has 0 unspecified atom stereocenters. The molecule has 23 heavy (non-hydrogen) atoms. The zero-order valence-electron chi connectivity index (χ0n) is 12.7. The van der Waals surface area contributed by atoms with E-state index in [0.29, 0.717) is 5.69 Å². The summed E-state index contributed by atoms with van der Waals surface area (Å²) >= 11 is 0. The summed E-state index contributed by atoms with van der Waals surface area (Å²) in [5.41, 5.74) is -0.0416. The fourth-order valence-electron chi connectivity index (χ4n) is 3.15. The van der Waals surface area contributed by atoms with Gasteiger partial charge in [0.1, 0.15) is 5.69 Å². The predicted molar refractivity (Wildman–Crippen MR) is 80.2 cm³/mol. The van der Waals surface area contributed by atoms with Crippen LogP contribution < -0.4 is 0 Å². The first kappa shape index (κ1) is 15.8. The molecule has 1 aromatic carbocycles. The van der Waals surface area contributed by atoms with E-state index in [4.69, 9.17) is 0 Å². The monoisotopic (exact) mass is 322 g/mol. The van der Waals surface area contributed by atoms with Crippen molar-refractivity contribution in [2.75, 3.05) is 0 Å². The Hall–Kier alpha value is -2.11. The summed E-state index contributed by atoms with van der Waals surface area (Å²) in [5, 5.41) is 4.29. The van der Waals surface area contributed by atoms with Crippen molar-refractivity contribution in [2.24, 2.45) is 0 Å². The smallest absolute Gasteiger partial charge is 0.293 e. The Morgan fingerprint density at radius 3 is 2.48 bits per heavy atom. The molecule has 0 N–H and O–H groups in total. The van der Waals surface area contributed by atoms with Crippen LogP contribution in [0.5, 0.6) is 0 Å². The van der Waals surface area contributed by atoms with Crippen molar-refractivity contribution in [1.82, 2.24) is 9.78 Å². The van der Waals surface area contributed by atoms with Crippen LogP contribution in [0.2, 0.25) is 0 Å². The van der Waals surface area contributed by atoms with Crippen LogP contribution in [-0.2, 0) is 6.18 Å². The molecule has 1 aliphatic carbocycles. The van der Waals surface area contributed by atoms with Gasteiger partial charge in [0.05, 0.1) is 17.3 Å². The van der Waals surface area contributed by atoms with Gasteiger partial charge in [-0.2, -0.15) is 18.3 Å². The van der Waals surface area contributed by atoms with Gasteiger partial charge in [0.2, 0.25) is 0 Å². The Morgan fingerprint density at radius 1 is 1.22 bits per heavy atom. The maximum atomic E-state index is 13.3. The van der Waals surface area contributed by atoms with E-state index in [9.17, 15) is 18.0 Å². The molecule has 0 atom stereocenters. The third-order valence-electron chi connectivity index (χ3n) is 4.28. The standard InChI is InChI=1S/C17H17F3N2O/c1-11(23)15-10-16(22(21-15)12-6-2-3-7-12)13-8-4-5-9-14(13)17(18,19)20/h4-5,8-10,12H,2-3,6-7H2,1H3. The number of hydrogen-bond donors (Lipinski definition) is 0. The molecule has 1 heterocycles. The van der Waals surface area contributed by atoms with E-state index in [0.717, 1.165) is 31.7 Å². The SMILES string of the molecule is CC(=O)c1cc(-c2ccccc2C(F)(F)F)n(C2CCCC2)n1. The molecule has 3 nitrogen and oxygen atoms in total. The molecule has 0 spiro atoms. The van der Waals surface area contributed by atoms with E-state index in [1.54, 1.807) is 10.7 Å². The van der Waals surface area contributed by atoms with Crippen molar-refractivity contribution >= 4 is 5.78 Å². The van der Waals surface area contributed by atoms with Crippen molar-refractivity contribution in [2.45, 2.75) is 44.8 Å². The second-order valence-electron chi connectivity index (χ2n) is 5.90. The minimum atomic E-state index is -4.45. The fraction of sp³-hybridized carbons (Fsp3) is 0.412. The number of carbonyl (C=O) groups is 1. The zero-order chi connectivity index (χ0) is 16.6. The molecule has 0 aliphatic heterocycles. The van der Waals surface area contributed by atoms with Gasteiger partial charge < -0.3 is 0 Å². The molecule has 1 aliphatic rings. The highest BCUT2D eigenvalue weighted by Crippen LogP contribution is 2.39. The maximum absolute atomic E-state index is 13.3. The van der Waals surface area contributed by atoms with Gasteiger partial charge in [0, 0.05) is 12.5 Å². The van der Waals surface area contributed by atoms with Crippen LogP contribution in [0.25, 0.3) is 11.3 Å². The van der Waals surface area contributed by atoms with E-state index in [1.165, 1.54) is 25.1 Å². The van der Waals surface area contributed by atoms with Gasteiger partial charge >= 0.3 is 6.18 Å². The third-order valence-corrected chi connectivity index (χ3v) is 4.28. The first-order valence-electron chi connectivity index (χ1n) is 7.65. The first-order valence-corrected chi connectivity index (χ1v) is 7.65. The average molecular weight is 322 g/mol. The number of nitrogens with zero attached hydrogens (tertiary/aromatic N) is 2.